The Morgan fingerprint density at radius 3 is 1.70 bits per heavy atom. The van der Waals surface area contributed by atoms with Gasteiger partial charge in [0, 0.05) is 27.5 Å². The zero-order chi connectivity index (χ0) is 53.4. The number of furan rings is 1. The van der Waals surface area contributed by atoms with Crippen LogP contribution in [0.2, 0.25) is 0 Å². The summed E-state index contributed by atoms with van der Waals surface area (Å²) in [6, 6.07) is 15.8. The Hall–Kier alpha value is -7.69. The molecule has 0 spiro atoms. The number of rotatable bonds is 6. The summed E-state index contributed by atoms with van der Waals surface area (Å²) in [5.41, 5.74) is -0.153. The normalized spacial score (nSPS) is 15.9. The molecule has 0 amide bonds. The molecular weight excluding hydrogens is 695 g/mol. The molecule has 0 saturated heterocycles. The minimum absolute atomic E-state index is 0.0403. The Labute approximate surface area is 354 Å². The Balaban J connectivity index is 1.18. The van der Waals surface area contributed by atoms with Crippen molar-refractivity contribution in [3.8, 4) is 67.5 Å². The topological polar surface area (TPSA) is 51.8 Å². The van der Waals surface area contributed by atoms with Crippen molar-refractivity contribution in [2.45, 2.75) is 0 Å². The van der Waals surface area contributed by atoms with Crippen LogP contribution >= 0.6 is 0 Å². The van der Waals surface area contributed by atoms with Gasteiger partial charge >= 0.3 is 0 Å². The van der Waals surface area contributed by atoms with Crippen LogP contribution in [-0.2, 0) is 0 Å². The molecular formula is C53H33N3O. The monoisotopic (exact) mass is 745 g/mol. The van der Waals surface area contributed by atoms with Gasteiger partial charge in [-0.3, -0.25) is 0 Å². The third-order valence-electron chi connectivity index (χ3n) is 9.68. The van der Waals surface area contributed by atoms with Crippen molar-refractivity contribution in [1.29, 1.82) is 0 Å². The van der Waals surface area contributed by atoms with Gasteiger partial charge in [0.2, 0.25) is 0 Å². The van der Waals surface area contributed by atoms with E-state index >= 15 is 0 Å². The predicted octanol–water partition coefficient (Wildman–Crippen LogP) is 14.1. The van der Waals surface area contributed by atoms with Crippen LogP contribution in [0.4, 0.5) is 0 Å². The third kappa shape index (κ3) is 5.83. The molecule has 0 saturated carbocycles. The summed E-state index contributed by atoms with van der Waals surface area (Å²) in [5, 5.41) is 3.84. The van der Waals surface area contributed by atoms with Crippen LogP contribution in [0.3, 0.4) is 0 Å². The molecule has 57 heavy (non-hydrogen) atoms. The summed E-state index contributed by atoms with van der Waals surface area (Å²) in [5.74, 6) is -0.627. The summed E-state index contributed by atoms with van der Waals surface area (Å²) >= 11 is 0. The van der Waals surface area contributed by atoms with Gasteiger partial charge in [-0.2, -0.15) is 0 Å². The fourth-order valence-electron chi connectivity index (χ4n) is 7.05. The summed E-state index contributed by atoms with van der Waals surface area (Å²) in [6.45, 7) is 0. The van der Waals surface area contributed by atoms with E-state index in [-0.39, 0.29) is 79.3 Å². The Kier molecular flexibility index (Phi) is 4.58. The van der Waals surface area contributed by atoms with Crippen LogP contribution in [0.5, 0.6) is 0 Å². The lowest BCUT2D eigenvalue weighted by atomic mass is 9.91. The first-order valence-electron chi connectivity index (χ1n) is 26.7. The first-order chi connectivity index (χ1) is 35.7. The molecule has 0 radical (unpaired) electrons. The fraction of sp³-hybridized carbons (Fsp3) is 0. The minimum atomic E-state index is -0.708. The van der Waals surface area contributed by atoms with E-state index in [1.54, 1.807) is 6.07 Å². The maximum absolute atomic E-state index is 9.75. The smallest absolute Gasteiger partial charge is 0.164 e. The molecule has 0 bridgehead atoms. The van der Waals surface area contributed by atoms with E-state index in [9.17, 15) is 1.37 Å². The molecule has 0 aliphatic heterocycles. The first kappa shape index (κ1) is 19.3. The number of nitrogens with zero attached hydrogens (tertiary/aromatic N) is 3. The average Bonchev–Trinajstić information content (AvgIpc) is 3.82. The lowest BCUT2D eigenvalue weighted by molar-refractivity contribution is 0.669. The lowest BCUT2D eigenvalue weighted by Gasteiger charge is -2.14. The second-order valence-corrected chi connectivity index (χ2v) is 13.0. The number of benzene rings is 9. The molecule has 2 aromatic heterocycles. The molecule has 4 nitrogen and oxygen atoms in total. The van der Waals surface area contributed by atoms with E-state index in [0.717, 1.165) is 21.5 Å². The van der Waals surface area contributed by atoms with Crippen molar-refractivity contribution < 1.29 is 29.1 Å². The molecule has 0 aliphatic carbocycles. The summed E-state index contributed by atoms with van der Waals surface area (Å²) in [7, 11) is 0. The Bertz CT molecular complexity index is 4260. The largest absolute Gasteiger partial charge is 0.456 e. The predicted molar refractivity (Wildman–Crippen MR) is 235 cm³/mol. The number of hydrogen-bond acceptors (Lipinski definition) is 4. The van der Waals surface area contributed by atoms with Gasteiger partial charge in [-0.25, -0.2) is 15.0 Å². The van der Waals surface area contributed by atoms with Crippen LogP contribution < -0.4 is 0 Å². The van der Waals surface area contributed by atoms with Crippen molar-refractivity contribution in [2.75, 3.05) is 0 Å². The number of fused-ring (bicyclic) bond motifs is 6. The highest BCUT2D eigenvalue weighted by Gasteiger charge is 2.21. The molecule has 266 valence electrons. The minimum Gasteiger partial charge on any atom is -0.456 e. The van der Waals surface area contributed by atoms with Crippen molar-refractivity contribution in [3.05, 3.63) is 200 Å². The van der Waals surface area contributed by atoms with Gasteiger partial charge in [-0.05, 0) is 79.1 Å². The van der Waals surface area contributed by atoms with Crippen LogP contribution in [0.15, 0.2) is 204 Å². The van der Waals surface area contributed by atoms with Gasteiger partial charge in [0.15, 0.2) is 17.5 Å². The van der Waals surface area contributed by atoms with E-state index in [0.29, 0.717) is 11.1 Å². The highest BCUT2D eigenvalue weighted by molar-refractivity contribution is 6.17. The standard InChI is InChI=1S/C53H33N3O/c1-3-13-34(14-4-1)35-23-25-36(26-24-35)37-27-29-39(30-28-37)52-54-51(38-15-5-2-6-16-38)55-53(56-52)47-32-41(33-49-50(47)45-21-11-12-22-48(45)57-49)46-31-40-17-7-8-18-42(40)43-19-9-10-20-44(43)46/h1-33H/i1D,2D,3D,4D,5D,6D,11D,12D,13D,14D,15D,16D,22D,23D,24D,25D,26D,33D. The van der Waals surface area contributed by atoms with Crippen molar-refractivity contribution in [3.63, 3.8) is 0 Å². The Morgan fingerprint density at radius 2 is 0.947 bits per heavy atom. The molecule has 0 fully saturated rings. The van der Waals surface area contributed by atoms with E-state index in [1.165, 1.54) is 30.3 Å². The Morgan fingerprint density at radius 1 is 0.368 bits per heavy atom. The number of hydrogen-bond donors (Lipinski definition) is 0. The van der Waals surface area contributed by atoms with Crippen molar-refractivity contribution in [2.24, 2.45) is 0 Å². The van der Waals surface area contributed by atoms with E-state index in [2.05, 4.69) is 4.98 Å². The first-order valence-corrected chi connectivity index (χ1v) is 17.7. The van der Waals surface area contributed by atoms with Crippen LogP contribution in [0.25, 0.3) is 111 Å². The van der Waals surface area contributed by atoms with Crippen LogP contribution in [0, 0.1) is 0 Å². The van der Waals surface area contributed by atoms with Crippen LogP contribution in [0.1, 0.15) is 24.7 Å². The fourth-order valence-corrected chi connectivity index (χ4v) is 7.05. The molecule has 11 rings (SSSR count). The van der Waals surface area contributed by atoms with Gasteiger partial charge in [-0.1, -0.05) is 176 Å². The van der Waals surface area contributed by atoms with Gasteiger partial charge in [-0.15, -0.1) is 0 Å². The number of aromatic nitrogens is 3. The highest BCUT2D eigenvalue weighted by Crippen LogP contribution is 2.42. The third-order valence-corrected chi connectivity index (χ3v) is 9.68. The van der Waals surface area contributed by atoms with Crippen LogP contribution in [-0.4, -0.2) is 15.0 Å². The molecule has 0 unspecified atom stereocenters. The summed E-state index contributed by atoms with van der Waals surface area (Å²) in [4.78, 5) is 14.4. The molecule has 2 heterocycles. The molecule has 0 aliphatic rings. The quantitative estimate of drug-likeness (QED) is 0.159. The second-order valence-electron chi connectivity index (χ2n) is 13.0. The summed E-state index contributed by atoms with van der Waals surface area (Å²) in [6.07, 6.45) is 0. The number of para-hydroxylation sites is 1. The second kappa shape index (κ2) is 13.6. The SMILES string of the molecule is [2H]c1cc2c(oc3c([2H])c(-c4cc5ccccc5c5ccccc45)cc(-c4nc(-c5ccc(-c6c([2H])c([2H])c(-c7c([2H])c([2H])c([2H])c([2H])c7[2H])c([2H])c6[2H])cc5)nc(-c5c([2H])c([2H])c([2H])c([2H])c5[2H])n4)c32)c([2H])c1[2H]. The maximum atomic E-state index is 9.75. The van der Waals surface area contributed by atoms with Crippen molar-refractivity contribution >= 4 is 43.5 Å². The molecule has 0 atom stereocenters. The van der Waals surface area contributed by atoms with E-state index in [4.69, 9.17) is 37.7 Å². The molecule has 4 heteroatoms. The average molecular weight is 746 g/mol. The van der Waals surface area contributed by atoms with Gasteiger partial charge in [0.1, 0.15) is 11.2 Å². The van der Waals surface area contributed by atoms with Crippen molar-refractivity contribution in [1.82, 2.24) is 15.0 Å². The maximum Gasteiger partial charge on any atom is 0.164 e. The summed E-state index contributed by atoms with van der Waals surface area (Å²) < 4.78 is 163. The zero-order valence-corrected chi connectivity index (χ0v) is 29.4. The van der Waals surface area contributed by atoms with Gasteiger partial charge < -0.3 is 4.42 Å². The highest BCUT2D eigenvalue weighted by atomic mass is 16.3. The molecule has 0 N–H and O–H groups in total. The molecule has 11 aromatic rings. The molecule has 9 aromatic carbocycles. The lowest BCUT2D eigenvalue weighted by Crippen LogP contribution is -2.00. The van der Waals surface area contributed by atoms with E-state index < -0.39 is 108 Å². The van der Waals surface area contributed by atoms with Gasteiger partial charge in [0.25, 0.3) is 0 Å². The van der Waals surface area contributed by atoms with Gasteiger partial charge in [0.05, 0.1) is 24.7 Å². The zero-order valence-electron chi connectivity index (χ0n) is 47.4. The van der Waals surface area contributed by atoms with E-state index in [1.807, 2.05) is 54.6 Å².